The van der Waals surface area contributed by atoms with E-state index in [1.54, 1.807) is 36.8 Å². The Kier molecular flexibility index (Phi) is 4.04. The maximum atomic E-state index is 13.3. The van der Waals surface area contributed by atoms with Gasteiger partial charge >= 0.3 is 0 Å². The molecule has 0 amide bonds. The molecule has 4 aromatic rings. The van der Waals surface area contributed by atoms with Crippen LogP contribution in [0.2, 0.25) is 0 Å². The molecule has 8 heteroatoms. The molecule has 130 valence electrons. The Balaban J connectivity index is 2.05. The highest BCUT2D eigenvalue weighted by Crippen LogP contribution is 2.32. The van der Waals surface area contributed by atoms with Crippen LogP contribution in [0.5, 0.6) is 0 Å². The Bertz CT molecular complexity index is 1140. The Morgan fingerprint density at radius 2 is 1.81 bits per heavy atom. The van der Waals surface area contributed by atoms with Gasteiger partial charge in [-0.25, -0.2) is 19.3 Å². The summed E-state index contributed by atoms with van der Waals surface area (Å²) in [6.45, 7) is 1.87. The van der Waals surface area contributed by atoms with Crippen LogP contribution >= 0.6 is 0 Å². The lowest BCUT2D eigenvalue weighted by Gasteiger charge is -2.06. The van der Waals surface area contributed by atoms with Crippen molar-refractivity contribution in [3.63, 3.8) is 0 Å². The standard InChI is InChI=1S/C18H14FN5OS/c1-11-17-23-15(12-3-5-13(19)6-4-12)16(24(17)10-9-20-11)14-7-8-21-18(22-14)26(2)25/h3-10H,1-2H3. The first-order chi connectivity index (χ1) is 12.5. The highest BCUT2D eigenvalue weighted by molar-refractivity contribution is 7.84. The first-order valence-electron chi connectivity index (χ1n) is 7.81. The van der Waals surface area contributed by atoms with E-state index in [0.717, 1.165) is 11.3 Å². The molecule has 3 aromatic heterocycles. The van der Waals surface area contributed by atoms with Gasteiger partial charge in [0.1, 0.15) is 5.82 Å². The van der Waals surface area contributed by atoms with E-state index < -0.39 is 10.8 Å². The maximum absolute atomic E-state index is 13.3. The van der Waals surface area contributed by atoms with Gasteiger partial charge in [-0.3, -0.25) is 13.6 Å². The van der Waals surface area contributed by atoms with Crippen LogP contribution in [0.25, 0.3) is 28.3 Å². The lowest BCUT2D eigenvalue weighted by atomic mass is 10.1. The molecule has 0 aliphatic heterocycles. The maximum Gasteiger partial charge on any atom is 0.218 e. The summed E-state index contributed by atoms with van der Waals surface area (Å²) in [4.78, 5) is 17.5. The van der Waals surface area contributed by atoms with E-state index in [1.807, 2.05) is 11.3 Å². The van der Waals surface area contributed by atoms with Crippen molar-refractivity contribution in [1.82, 2.24) is 24.3 Å². The fourth-order valence-corrected chi connectivity index (χ4v) is 3.20. The third-order valence-electron chi connectivity index (χ3n) is 3.97. The topological polar surface area (TPSA) is 73.0 Å². The molecule has 1 aromatic carbocycles. The fraction of sp³-hybridized carbons (Fsp3) is 0.111. The third-order valence-corrected chi connectivity index (χ3v) is 4.68. The molecule has 0 saturated carbocycles. The van der Waals surface area contributed by atoms with E-state index in [0.29, 0.717) is 22.7 Å². The van der Waals surface area contributed by atoms with Gasteiger partial charge in [0.15, 0.2) is 5.65 Å². The second kappa shape index (κ2) is 6.38. The quantitative estimate of drug-likeness (QED) is 0.521. The number of rotatable bonds is 3. The number of benzene rings is 1. The van der Waals surface area contributed by atoms with Gasteiger partial charge in [0, 0.05) is 30.4 Å². The normalized spacial score (nSPS) is 12.4. The summed E-state index contributed by atoms with van der Waals surface area (Å²) in [5.74, 6) is -0.317. The van der Waals surface area contributed by atoms with Crippen molar-refractivity contribution < 1.29 is 8.60 Å². The van der Waals surface area contributed by atoms with Gasteiger partial charge < -0.3 is 0 Å². The van der Waals surface area contributed by atoms with Crippen molar-refractivity contribution >= 4 is 16.4 Å². The van der Waals surface area contributed by atoms with E-state index in [9.17, 15) is 8.60 Å². The molecule has 4 rings (SSSR count). The summed E-state index contributed by atoms with van der Waals surface area (Å²) in [6, 6.07) is 7.86. The summed E-state index contributed by atoms with van der Waals surface area (Å²) in [6.07, 6.45) is 6.58. The zero-order chi connectivity index (χ0) is 18.3. The number of nitrogens with zero attached hydrogens (tertiary/aromatic N) is 5. The lowest BCUT2D eigenvalue weighted by Crippen LogP contribution is -2.00. The largest absolute Gasteiger partial charge is 0.295 e. The van der Waals surface area contributed by atoms with Gasteiger partial charge in [-0.2, -0.15) is 0 Å². The average Bonchev–Trinajstić information content (AvgIpc) is 3.03. The summed E-state index contributed by atoms with van der Waals surface area (Å²) in [5, 5.41) is 0.244. The second-order valence-corrected chi connectivity index (χ2v) is 6.97. The molecule has 0 aliphatic carbocycles. The second-order valence-electron chi connectivity index (χ2n) is 5.70. The molecular formula is C18H14FN5OS. The van der Waals surface area contributed by atoms with Crippen LogP contribution in [0.4, 0.5) is 4.39 Å². The molecule has 0 fully saturated rings. The van der Waals surface area contributed by atoms with Crippen LogP contribution in [0, 0.1) is 12.7 Å². The monoisotopic (exact) mass is 367 g/mol. The van der Waals surface area contributed by atoms with E-state index >= 15 is 0 Å². The third kappa shape index (κ3) is 2.78. The predicted molar refractivity (Wildman–Crippen MR) is 96.5 cm³/mol. The minimum Gasteiger partial charge on any atom is -0.295 e. The van der Waals surface area contributed by atoms with Crippen LogP contribution in [0.15, 0.2) is 54.1 Å². The molecule has 0 radical (unpaired) electrons. The Labute approximate surface area is 151 Å². The molecule has 26 heavy (non-hydrogen) atoms. The average molecular weight is 367 g/mol. The Morgan fingerprint density at radius 3 is 2.54 bits per heavy atom. The zero-order valence-corrected chi connectivity index (χ0v) is 14.9. The summed E-state index contributed by atoms with van der Waals surface area (Å²) < 4.78 is 27.0. The molecular weight excluding hydrogens is 353 g/mol. The van der Waals surface area contributed by atoms with Crippen LogP contribution in [0.1, 0.15) is 5.69 Å². The molecule has 1 atom stereocenters. The Hall–Kier alpha value is -3.00. The number of hydrogen-bond acceptors (Lipinski definition) is 5. The number of imidazole rings is 1. The van der Waals surface area contributed by atoms with Crippen molar-refractivity contribution in [3.05, 3.63) is 60.4 Å². The SMILES string of the molecule is Cc1nccn2c(-c3ccnc(S(C)=O)n3)c(-c3ccc(F)cc3)nc12. The van der Waals surface area contributed by atoms with Crippen molar-refractivity contribution in [3.8, 4) is 22.6 Å². The molecule has 0 N–H and O–H groups in total. The van der Waals surface area contributed by atoms with E-state index in [4.69, 9.17) is 4.98 Å². The van der Waals surface area contributed by atoms with Crippen LogP contribution in [-0.2, 0) is 10.8 Å². The van der Waals surface area contributed by atoms with Crippen molar-refractivity contribution in [2.45, 2.75) is 12.1 Å². The molecule has 1 unspecified atom stereocenters. The van der Waals surface area contributed by atoms with Crippen molar-refractivity contribution in [1.29, 1.82) is 0 Å². The molecule has 0 saturated heterocycles. The van der Waals surface area contributed by atoms with Crippen molar-refractivity contribution in [2.75, 3.05) is 6.26 Å². The first kappa shape index (κ1) is 16.5. The number of aryl methyl sites for hydroxylation is 1. The predicted octanol–water partition coefficient (Wildman–Crippen LogP) is 3.04. The summed E-state index contributed by atoms with van der Waals surface area (Å²) in [5.41, 5.74) is 4.14. The van der Waals surface area contributed by atoms with Crippen molar-refractivity contribution in [2.24, 2.45) is 0 Å². The first-order valence-corrected chi connectivity index (χ1v) is 9.37. The van der Waals surface area contributed by atoms with E-state index in [-0.39, 0.29) is 11.0 Å². The van der Waals surface area contributed by atoms with Gasteiger partial charge in [0.25, 0.3) is 0 Å². The van der Waals surface area contributed by atoms with Gasteiger partial charge in [-0.05, 0) is 37.3 Å². The number of aromatic nitrogens is 5. The zero-order valence-electron chi connectivity index (χ0n) is 14.0. The molecule has 6 nitrogen and oxygen atoms in total. The van der Waals surface area contributed by atoms with Gasteiger partial charge in [0.2, 0.25) is 5.16 Å². The van der Waals surface area contributed by atoms with Gasteiger partial charge in [-0.1, -0.05) is 0 Å². The lowest BCUT2D eigenvalue weighted by molar-refractivity contribution is 0.628. The summed E-state index contributed by atoms with van der Waals surface area (Å²) >= 11 is 0. The number of halogens is 1. The minimum absolute atomic E-state index is 0.244. The molecule has 0 spiro atoms. The Morgan fingerprint density at radius 1 is 1.04 bits per heavy atom. The highest BCUT2D eigenvalue weighted by Gasteiger charge is 2.19. The van der Waals surface area contributed by atoms with Crippen LogP contribution in [-0.4, -0.2) is 34.8 Å². The summed E-state index contributed by atoms with van der Waals surface area (Å²) in [7, 11) is -1.31. The van der Waals surface area contributed by atoms with Crippen LogP contribution < -0.4 is 0 Å². The smallest absolute Gasteiger partial charge is 0.218 e. The van der Waals surface area contributed by atoms with Crippen LogP contribution in [0.3, 0.4) is 0 Å². The minimum atomic E-state index is -1.31. The highest BCUT2D eigenvalue weighted by atomic mass is 32.2. The number of hydrogen-bond donors (Lipinski definition) is 0. The van der Waals surface area contributed by atoms with E-state index in [2.05, 4.69) is 15.0 Å². The molecule has 0 bridgehead atoms. The molecule has 3 heterocycles. The fourth-order valence-electron chi connectivity index (χ4n) is 2.77. The van der Waals surface area contributed by atoms with E-state index in [1.165, 1.54) is 18.4 Å². The van der Waals surface area contributed by atoms with Gasteiger partial charge in [0.05, 0.1) is 33.6 Å². The molecule has 0 aliphatic rings. The number of fused-ring (bicyclic) bond motifs is 1. The van der Waals surface area contributed by atoms with Gasteiger partial charge in [-0.15, -0.1) is 0 Å².